The Morgan fingerprint density at radius 2 is 1.70 bits per heavy atom. The summed E-state index contributed by atoms with van der Waals surface area (Å²) in [7, 11) is -1.88. The Balaban J connectivity index is 2.58. The van der Waals surface area contributed by atoms with Crippen molar-refractivity contribution in [2.75, 3.05) is 19.5 Å². The molecule has 0 unspecified atom stereocenters. The summed E-state index contributed by atoms with van der Waals surface area (Å²) in [6.07, 6.45) is 0. The third-order valence-corrected chi connectivity index (χ3v) is 5.40. The fraction of sp³-hybridized carbons (Fsp3) is 0.500. The quantitative estimate of drug-likeness (QED) is 0.779. The lowest BCUT2D eigenvalue weighted by molar-refractivity contribution is 0.0600. The van der Waals surface area contributed by atoms with Crippen molar-refractivity contribution in [1.29, 1.82) is 0 Å². The lowest BCUT2D eigenvalue weighted by Crippen LogP contribution is -2.32. The molecule has 0 heterocycles. The molecular formula is C14H20O5S. The van der Waals surface area contributed by atoms with E-state index in [0.29, 0.717) is 11.3 Å². The monoisotopic (exact) mass is 300 g/mol. The summed E-state index contributed by atoms with van der Waals surface area (Å²) < 4.78 is 32.9. The molecule has 0 aromatic heterocycles. The molecule has 1 aromatic carbocycles. The Hall–Kier alpha value is -1.56. The first kappa shape index (κ1) is 16.5. The van der Waals surface area contributed by atoms with Crippen molar-refractivity contribution in [3.63, 3.8) is 0 Å². The van der Waals surface area contributed by atoms with Crippen molar-refractivity contribution in [3.05, 3.63) is 29.8 Å². The van der Waals surface area contributed by atoms with E-state index in [1.807, 2.05) is 0 Å². The lowest BCUT2D eigenvalue weighted by Gasteiger charge is -2.19. The zero-order valence-corrected chi connectivity index (χ0v) is 13.0. The molecule has 0 spiro atoms. The fourth-order valence-electron chi connectivity index (χ4n) is 1.38. The molecule has 0 atom stereocenters. The van der Waals surface area contributed by atoms with Crippen molar-refractivity contribution in [1.82, 2.24) is 0 Å². The van der Waals surface area contributed by atoms with E-state index in [9.17, 15) is 13.2 Å². The van der Waals surface area contributed by atoms with Gasteiger partial charge in [0.1, 0.15) is 12.4 Å². The molecule has 0 fully saturated rings. The van der Waals surface area contributed by atoms with E-state index in [1.54, 1.807) is 45.0 Å². The van der Waals surface area contributed by atoms with E-state index in [2.05, 4.69) is 4.74 Å². The maximum atomic E-state index is 11.9. The lowest BCUT2D eigenvalue weighted by atomic mass is 10.2. The zero-order chi connectivity index (χ0) is 15.4. The van der Waals surface area contributed by atoms with Gasteiger partial charge >= 0.3 is 5.97 Å². The van der Waals surface area contributed by atoms with Crippen LogP contribution >= 0.6 is 0 Å². The number of carbonyl (C=O) groups excluding carboxylic acids is 1. The number of rotatable bonds is 5. The number of methoxy groups -OCH3 is 1. The highest BCUT2D eigenvalue weighted by atomic mass is 32.2. The van der Waals surface area contributed by atoms with Crippen LogP contribution in [0.5, 0.6) is 5.75 Å². The molecule has 1 aromatic rings. The Kier molecular flexibility index (Phi) is 5.16. The number of hydrogen-bond acceptors (Lipinski definition) is 5. The third kappa shape index (κ3) is 4.23. The van der Waals surface area contributed by atoms with Crippen LogP contribution in [0.4, 0.5) is 0 Å². The van der Waals surface area contributed by atoms with Gasteiger partial charge < -0.3 is 9.47 Å². The van der Waals surface area contributed by atoms with Crippen molar-refractivity contribution in [2.45, 2.75) is 25.5 Å². The molecule has 0 aliphatic carbocycles. The van der Waals surface area contributed by atoms with Gasteiger partial charge in [-0.2, -0.15) is 0 Å². The summed E-state index contributed by atoms with van der Waals surface area (Å²) in [5.41, 5.74) is 0.419. The van der Waals surface area contributed by atoms with Crippen molar-refractivity contribution in [3.8, 4) is 5.75 Å². The van der Waals surface area contributed by atoms with Crippen LogP contribution in [0.1, 0.15) is 31.1 Å². The molecule has 112 valence electrons. The summed E-state index contributed by atoms with van der Waals surface area (Å²) in [6, 6.07) is 6.35. The summed E-state index contributed by atoms with van der Waals surface area (Å²) >= 11 is 0. The maximum Gasteiger partial charge on any atom is 0.337 e. The maximum absolute atomic E-state index is 11.9. The van der Waals surface area contributed by atoms with Gasteiger partial charge in [-0.25, -0.2) is 13.2 Å². The Morgan fingerprint density at radius 3 is 2.15 bits per heavy atom. The molecule has 0 saturated carbocycles. The first-order valence-corrected chi connectivity index (χ1v) is 7.86. The summed E-state index contributed by atoms with van der Waals surface area (Å²) in [5, 5.41) is 0. The van der Waals surface area contributed by atoms with E-state index >= 15 is 0 Å². The van der Waals surface area contributed by atoms with Crippen LogP contribution < -0.4 is 4.74 Å². The second-order valence-electron chi connectivity index (χ2n) is 5.30. The van der Waals surface area contributed by atoms with E-state index in [1.165, 1.54) is 7.11 Å². The summed E-state index contributed by atoms with van der Waals surface area (Å²) in [5.74, 6) is 0.0449. The van der Waals surface area contributed by atoms with Crippen molar-refractivity contribution < 1.29 is 22.7 Å². The minimum absolute atomic E-state index is 0.0464. The zero-order valence-electron chi connectivity index (χ0n) is 12.2. The molecule has 0 amide bonds. The average molecular weight is 300 g/mol. The van der Waals surface area contributed by atoms with Crippen LogP contribution in [0, 0.1) is 0 Å². The van der Waals surface area contributed by atoms with Gasteiger partial charge in [-0.15, -0.1) is 0 Å². The smallest absolute Gasteiger partial charge is 0.337 e. The molecule has 0 aliphatic rings. The van der Waals surface area contributed by atoms with E-state index in [-0.39, 0.29) is 12.4 Å². The van der Waals surface area contributed by atoms with Crippen LogP contribution in [-0.4, -0.2) is 38.6 Å². The van der Waals surface area contributed by atoms with Gasteiger partial charge in [0.2, 0.25) is 0 Å². The van der Waals surface area contributed by atoms with Crippen LogP contribution in [0.3, 0.4) is 0 Å². The molecule has 0 N–H and O–H groups in total. The highest BCUT2D eigenvalue weighted by Gasteiger charge is 2.28. The van der Waals surface area contributed by atoms with Crippen LogP contribution in [0.25, 0.3) is 0 Å². The van der Waals surface area contributed by atoms with E-state index in [0.717, 1.165) is 0 Å². The number of esters is 1. The molecule has 6 heteroatoms. The van der Waals surface area contributed by atoms with Crippen molar-refractivity contribution >= 4 is 15.8 Å². The first-order valence-electron chi connectivity index (χ1n) is 6.21. The Bertz CT molecular complexity index is 552. The van der Waals surface area contributed by atoms with Gasteiger partial charge in [-0.3, -0.25) is 0 Å². The molecule has 0 bridgehead atoms. The number of carbonyl (C=O) groups is 1. The molecule has 0 radical (unpaired) electrons. The number of sulfone groups is 1. The normalized spacial score (nSPS) is 12.0. The largest absolute Gasteiger partial charge is 0.493 e. The number of hydrogen-bond donors (Lipinski definition) is 0. The van der Waals surface area contributed by atoms with Crippen molar-refractivity contribution in [2.24, 2.45) is 0 Å². The number of ether oxygens (including phenoxy) is 2. The first-order chi connectivity index (χ1) is 9.17. The Morgan fingerprint density at radius 1 is 1.15 bits per heavy atom. The van der Waals surface area contributed by atoms with Crippen LogP contribution in [-0.2, 0) is 14.6 Å². The van der Waals surface area contributed by atoms with E-state index in [4.69, 9.17) is 4.74 Å². The highest BCUT2D eigenvalue weighted by molar-refractivity contribution is 7.92. The van der Waals surface area contributed by atoms with Crippen LogP contribution in [0.15, 0.2) is 24.3 Å². The van der Waals surface area contributed by atoms with Gasteiger partial charge in [-0.05, 0) is 45.0 Å². The van der Waals surface area contributed by atoms with Gasteiger partial charge in [-0.1, -0.05) is 0 Å². The molecule has 5 nitrogen and oxygen atoms in total. The minimum atomic E-state index is -3.19. The van der Waals surface area contributed by atoms with E-state index < -0.39 is 20.6 Å². The van der Waals surface area contributed by atoms with Gasteiger partial charge in [0.15, 0.2) is 9.84 Å². The third-order valence-electron chi connectivity index (χ3n) is 2.83. The SMILES string of the molecule is COC(=O)c1ccc(OCCS(=O)(=O)C(C)(C)C)cc1. The predicted octanol–water partition coefficient (Wildman–Crippen LogP) is 2.07. The summed E-state index contributed by atoms with van der Waals surface area (Å²) in [6.45, 7) is 5.06. The molecule has 1 rings (SSSR count). The van der Waals surface area contributed by atoms with Crippen LogP contribution in [0.2, 0.25) is 0 Å². The fourth-order valence-corrected chi connectivity index (χ4v) is 2.30. The molecule has 0 saturated heterocycles. The average Bonchev–Trinajstić information content (AvgIpc) is 2.37. The molecular weight excluding hydrogens is 280 g/mol. The Labute approximate surface area is 119 Å². The minimum Gasteiger partial charge on any atom is -0.493 e. The standard InChI is InChI=1S/C14H20O5S/c1-14(2,3)20(16,17)10-9-19-12-7-5-11(6-8-12)13(15)18-4/h5-8H,9-10H2,1-4H3. The molecule has 0 aliphatic heterocycles. The topological polar surface area (TPSA) is 69.7 Å². The van der Waals surface area contributed by atoms with Gasteiger partial charge in [0, 0.05) is 0 Å². The molecule has 20 heavy (non-hydrogen) atoms. The second kappa shape index (κ2) is 6.26. The summed E-state index contributed by atoms with van der Waals surface area (Å²) in [4.78, 5) is 11.2. The van der Waals surface area contributed by atoms with Gasteiger partial charge in [0.05, 0.1) is 23.2 Å². The predicted molar refractivity (Wildman–Crippen MR) is 76.8 cm³/mol. The van der Waals surface area contributed by atoms with Gasteiger partial charge in [0.25, 0.3) is 0 Å². The highest BCUT2D eigenvalue weighted by Crippen LogP contribution is 2.17. The second-order valence-corrected chi connectivity index (χ2v) is 8.16. The number of benzene rings is 1.